The fourth-order valence-corrected chi connectivity index (χ4v) is 2.71. The zero-order valence-corrected chi connectivity index (χ0v) is 10.6. The van der Waals surface area contributed by atoms with Crippen molar-refractivity contribution in [3.8, 4) is 11.3 Å². The maximum absolute atomic E-state index is 13.2. The van der Waals surface area contributed by atoms with Gasteiger partial charge in [0.2, 0.25) is 0 Å². The fraction of sp³-hybridized carbons (Fsp3) is 0.308. The summed E-state index contributed by atoms with van der Waals surface area (Å²) in [5.74, 6) is -0.224. The summed E-state index contributed by atoms with van der Waals surface area (Å²) in [5.41, 5.74) is 7.21. The minimum Gasteiger partial charge on any atom is -0.330 e. The van der Waals surface area contributed by atoms with Crippen LogP contribution in [0.5, 0.6) is 0 Å². The lowest BCUT2D eigenvalue weighted by atomic mass is 10.1. The summed E-state index contributed by atoms with van der Waals surface area (Å²) in [4.78, 5) is 5.68. The third-order valence-corrected chi connectivity index (χ3v) is 3.56. The van der Waals surface area contributed by atoms with Crippen LogP contribution in [0.1, 0.15) is 16.3 Å². The molecule has 0 amide bonds. The van der Waals surface area contributed by atoms with Crippen LogP contribution in [0, 0.1) is 12.7 Å². The van der Waals surface area contributed by atoms with Gasteiger partial charge in [0.25, 0.3) is 0 Å². The number of hydrogen-bond acceptors (Lipinski definition) is 3. The molecule has 1 heterocycles. The Morgan fingerprint density at radius 3 is 2.94 bits per heavy atom. The molecule has 0 aliphatic heterocycles. The summed E-state index contributed by atoms with van der Waals surface area (Å²) in [6, 6.07) is 6.57. The first-order valence-corrected chi connectivity index (χ1v) is 6.44. The maximum atomic E-state index is 13.2. The number of benzene rings is 1. The van der Waals surface area contributed by atoms with Gasteiger partial charge in [-0.25, -0.2) is 9.37 Å². The number of halogens is 1. The van der Waals surface area contributed by atoms with Crippen molar-refractivity contribution in [2.75, 3.05) is 6.54 Å². The van der Waals surface area contributed by atoms with Crippen LogP contribution < -0.4 is 5.73 Å². The van der Waals surface area contributed by atoms with Gasteiger partial charge in [0.15, 0.2) is 0 Å². The van der Waals surface area contributed by atoms with Crippen LogP contribution in [0.3, 0.4) is 0 Å². The van der Waals surface area contributed by atoms with Crippen molar-refractivity contribution in [3.63, 3.8) is 0 Å². The van der Waals surface area contributed by atoms with Gasteiger partial charge in [-0.1, -0.05) is 12.1 Å². The molecule has 0 radical (unpaired) electrons. The molecule has 2 aromatic rings. The second-order valence-electron chi connectivity index (χ2n) is 3.91. The van der Waals surface area contributed by atoms with Gasteiger partial charge in [0.05, 0.1) is 10.7 Å². The predicted octanol–water partition coefficient (Wildman–Crippen LogP) is 3.15. The fourth-order valence-electron chi connectivity index (χ4n) is 1.72. The van der Waals surface area contributed by atoms with E-state index in [-0.39, 0.29) is 5.82 Å². The van der Waals surface area contributed by atoms with Crippen molar-refractivity contribution < 1.29 is 4.39 Å². The summed E-state index contributed by atoms with van der Waals surface area (Å²) < 4.78 is 13.2. The molecule has 0 atom stereocenters. The molecule has 0 aliphatic carbocycles. The number of hydrogen-bond donors (Lipinski definition) is 1. The van der Waals surface area contributed by atoms with E-state index in [1.165, 1.54) is 12.1 Å². The second-order valence-corrected chi connectivity index (χ2v) is 5.20. The normalized spacial score (nSPS) is 10.8. The van der Waals surface area contributed by atoms with E-state index in [2.05, 4.69) is 4.98 Å². The molecule has 2 nitrogen and oxygen atoms in total. The SMILES string of the molecule is Cc1sc(CCCN)nc1-c1cccc(F)c1. The van der Waals surface area contributed by atoms with Crippen molar-refractivity contribution in [1.82, 2.24) is 4.98 Å². The molecule has 0 saturated carbocycles. The van der Waals surface area contributed by atoms with Crippen LogP contribution in [0.25, 0.3) is 11.3 Å². The lowest BCUT2D eigenvalue weighted by Gasteiger charge is -1.98. The number of rotatable bonds is 4. The van der Waals surface area contributed by atoms with Crippen LogP contribution in [0.2, 0.25) is 0 Å². The summed E-state index contributed by atoms with van der Waals surface area (Å²) in [7, 11) is 0. The first kappa shape index (κ1) is 12.2. The minimum absolute atomic E-state index is 0.224. The smallest absolute Gasteiger partial charge is 0.123 e. The van der Waals surface area contributed by atoms with Crippen LogP contribution in [-0.2, 0) is 6.42 Å². The molecule has 0 unspecified atom stereocenters. The highest BCUT2D eigenvalue weighted by Crippen LogP contribution is 2.28. The molecule has 0 bridgehead atoms. The molecular weight excluding hydrogens is 235 g/mol. The van der Waals surface area contributed by atoms with E-state index in [0.29, 0.717) is 6.54 Å². The molecule has 2 N–H and O–H groups in total. The summed E-state index contributed by atoms with van der Waals surface area (Å²) in [6.07, 6.45) is 1.84. The zero-order valence-electron chi connectivity index (χ0n) is 9.74. The van der Waals surface area contributed by atoms with Gasteiger partial charge in [-0.15, -0.1) is 11.3 Å². The monoisotopic (exact) mass is 250 g/mol. The highest BCUT2D eigenvalue weighted by Gasteiger charge is 2.09. The van der Waals surface area contributed by atoms with Gasteiger partial charge in [0, 0.05) is 16.9 Å². The molecule has 0 aliphatic rings. The molecule has 0 fully saturated rings. The number of nitrogens with two attached hydrogens (primary N) is 1. The average Bonchev–Trinajstić information content (AvgIpc) is 2.68. The molecule has 1 aromatic heterocycles. The van der Waals surface area contributed by atoms with Crippen LogP contribution >= 0.6 is 11.3 Å². The summed E-state index contributed by atoms with van der Waals surface area (Å²) in [5, 5.41) is 1.08. The van der Waals surface area contributed by atoms with Gasteiger partial charge in [0.1, 0.15) is 5.82 Å². The molecular formula is C13H15FN2S. The largest absolute Gasteiger partial charge is 0.330 e. The van der Waals surface area contributed by atoms with Gasteiger partial charge in [-0.2, -0.15) is 0 Å². The highest BCUT2D eigenvalue weighted by molar-refractivity contribution is 7.12. The number of aromatic nitrogens is 1. The third kappa shape index (κ3) is 2.90. The lowest BCUT2D eigenvalue weighted by molar-refractivity contribution is 0.628. The molecule has 17 heavy (non-hydrogen) atoms. The Hall–Kier alpha value is -1.26. The van der Waals surface area contributed by atoms with Crippen molar-refractivity contribution in [2.24, 2.45) is 5.73 Å². The summed E-state index contributed by atoms with van der Waals surface area (Å²) >= 11 is 1.67. The zero-order chi connectivity index (χ0) is 12.3. The third-order valence-electron chi connectivity index (χ3n) is 2.53. The average molecular weight is 250 g/mol. The number of nitrogens with zero attached hydrogens (tertiary/aromatic N) is 1. The van der Waals surface area contributed by atoms with E-state index in [0.717, 1.165) is 34.0 Å². The van der Waals surface area contributed by atoms with E-state index in [1.54, 1.807) is 17.4 Å². The van der Waals surface area contributed by atoms with Crippen molar-refractivity contribution in [3.05, 3.63) is 40.0 Å². The Kier molecular flexibility index (Phi) is 3.86. The van der Waals surface area contributed by atoms with Crippen LogP contribution in [0.4, 0.5) is 4.39 Å². The first-order chi connectivity index (χ1) is 8.20. The van der Waals surface area contributed by atoms with Crippen molar-refractivity contribution in [2.45, 2.75) is 19.8 Å². The molecule has 1 aromatic carbocycles. The molecule has 4 heteroatoms. The minimum atomic E-state index is -0.224. The van der Waals surface area contributed by atoms with E-state index in [9.17, 15) is 4.39 Å². The van der Waals surface area contributed by atoms with Crippen molar-refractivity contribution >= 4 is 11.3 Å². The van der Waals surface area contributed by atoms with Crippen LogP contribution in [0.15, 0.2) is 24.3 Å². The van der Waals surface area contributed by atoms with Gasteiger partial charge in [-0.3, -0.25) is 0 Å². The standard InChI is InChI=1S/C13H15FN2S/c1-9-13(10-4-2-5-11(14)8-10)16-12(17-9)6-3-7-15/h2,4-5,8H,3,6-7,15H2,1H3. The topological polar surface area (TPSA) is 38.9 Å². The van der Waals surface area contributed by atoms with Crippen LogP contribution in [-0.4, -0.2) is 11.5 Å². The Morgan fingerprint density at radius 2 is 2.24 bits per heavy atom. The van der Waals surface area contributed by atoms with E-state index < -0.39 is 0 Å². The quantitative estimate of drug-likeness (QED) is 0.905. The van der Waals surface area contributed by atoms with Gasteiger partial charge < -0.3 is 5.73 Å². The Bertz CT molecular complexity index is 508. The summed E-state index contributed by atoms with van der Waals surface area (Å²) in [6.45, 7) is 2.69. The number of thiazole rings is 1. The van der Waals surface area contributed by atoms with Gasteiger partial charge in [-0.05, 0) is 32.0 Å². The predicted molar refractivity (Wildman–Crippen MR) is 69.6 cm³/mol. The highest BCUT2D eigenvalue weighted by atomic mass is 32.1. The Morgan fingerprint density at radius 1 is 1.41 bits per heavy atom. The Balaban J connectivity index is 2.29. The lowest BCUT2D eigenvalue weighted by Crippen LogP contribution is -1.99. The van der Waals surface area contributed by atoms with Crippen molar-refractivity contribution in [1.29, 1.82) is 0 Å². The number of aryl methyl sites for hydroxylation is 2. The Labute approximate surface area is 104 Å². The maximum Gasteiger partial charge on any atom is 0.123 e. The first-order valence-electron chi connectivity index (χ1n) is 5.63. The van der Waals surface area contributed by atoms with E-state index in [4.69, 9.17) is 5.73 Å². The molecule has 0 saturated heterocycles. The second kappa shape index (κ2) is 5.38. The van der Waals surface area contributed by atoms with Gasteiger partial charge >= 0.3 is 0 Å². The van der Waals surface area contributed by atoms with E-state index >= 15 is 0 Å². The molecule has 90 valence electrons. The molecule has 2 rings (SSSR count). The molecule has 0 spiro atoms. The van der Waals surface area contributed by atoms with E-state index in [1.807, 2.05) is 13.0 Å².